The number of rotatable bonds is 3. The number of aliphatic hydroxyl groups is 1. The Morgan fingerprint density at radius 1 is 1.12 bits per heavy atom. The molecule has 1 saturated carbocycles. The van der Waals surface area contributed by atoms with Gasteiger partial charge in [0.15, 0.2) is 5.65 Å². The molecule has 0 atom stereocenters. The van der Waals surface area contributed by atoms with E-state index < -0.39 is 12.1 Å². The number of halogens is 3. The Morgan fingerprint density at radius 3 is 2.38 bits per heavy atom. The van der Waals surface area contributed by atoms with Crippen LogP contribution in [0.4, 0.5) is 13.2 Å². The maximum Gasteiger partial charge on any atom is 0.391 e. The van der Waals surface area contributed by atoms with E-state index in [1.54, 1.807) is 4.52 Å². The van der Waals surface area contributed by atoms with Crippen molar-refractivity contribution in [1.29, 1.82) is 0 Å². The zero-order chi connectivity index (χ0) is 23.3. The summed E-state index contributed by atoms with van der Waals surface area (Å²) in [5.41, 5.74) is 3.65. The SMILES string of the molecule is Cc1cn2nc(C3CCC(C(F)(F)F)CC3)cc2nc1C.O=C(CCO)N1CCCCC1. The Morgan fingerprint density at radius 2 is 1.78 bits per heavy atom. The molecule has 1 amide bonds. The number of nitrogens with zero attached hydrogens (tertiary/aromatic N) is 4. The van der Waals surface area contributed by atoms with E-state index in [2.05, 4.69) is 10.1 Å². The second-order valence-electron chi connectivity index (χ2n) is 8.89. The maximum absolute atomic E-state index is 12.7. The van der Waals surface area contributed by atoms with E-state index in [0.29, 0.717) is 19.3 Å². The van der Waals surface area contributed by atoms with Crippen molar-refractivity contribution in [2.75, 3.05) is 19.7 Å². The minimum atomic E-state index is -4.06. The molecule has 0 aromatic carbocycles. The number of carbonyl (C=O) groups excluding carboxylic acids is 1. The number of likely N-dealkylation sites (tertiary alicyclic amines) is 1. The molecule has 2 aromatic heterocycles. The Balaban J connectivity index is 0.000000222. The van der Waals surface area contributed by atoms with Crippen LogP contribution in [0.15, 0.2) is 12.3 Å². The number of piperidine rings is 1. The monoisotopic (exact) mass is 454 g/mol. The van der Waals surface area contributed by atoms with Gasteiger partial charge >= 0.3 is 6.18 Å². The van der Waals surface area contributed by atoms with Crippen molar-refractivity contribution in [3.8, 4) is 0 Å². The molecule has 2 fully saturated rings. The van der Waals surface area contributed by atoms with E-state index >= 15 is 0 Å². The van der Waals surface area contributed by atoms with Crippen LogP contribution in [-0.4, -0.2) is 56.4 Å². The number of aryl methyl sites for hydroxylation is 2. The van der Waals surface area contributed by atoms with Crippen LogP contribution in [0.5, 0.6) is 0 Å². The molecule has 2 aromatic rings. The molecule has 0 unspecified atom stereocenters. The molecule has 32 heavy (non-hydrogen) atoms. The third kappa shape index (κ3) is 6.21. The van der Waals surface area contributed by atoms with Crippen LogP contribution in [0.2, 0.25) is 0 Å². The number of amides is 1. The van der Waals surface area contributed by atoms with Crippen LogP contribution in [0.1, 0.15) is 74.2 Å². The fourth-order valence-corrected chi connectivity index (χ4v) is 4.43. The van der Waals surface area contributed by atoms with Gasteiger partial charge in [-0.15, -0.1) is 0 Å². The summed E-state index contributed by atoms with van der Waals surface area (Å²) >= 11 is 0. The highest BCUT2D eigenvalue weighted by atomic mass is 19.4. The van der Waals surface area contributed by atoms with E-state index in [-0.39, 0.29) is 31.3 Å². The zero-order valence-corrected chi connectivity index (χ0v) is 18.9. The van der Waals surface area contributed by atoms with Crippen LogP contribution < -0.4 is 0 Å². The predicted molar refractivity (Wildman–Crippen MR) is 115 cm³/mol. The quantitative estimate of drug-likeness (QED) is 0.738. The Kier molecular flexibility index (Phi) is 8.14. The Labute approximate surface area is 186 Å². The van der Waals surface area contributed by atoms with Crippen LogP contribution in [0.3, 0.4) is 0 Å². The van der Waals surface area contributed by atoms with E-state index in [9.17, 15) is 18.0 Å². The highest BCUT2D eigenvalue weighted by Crippen LogP contribution is 2.42. The second-order valence-corrected chi connectivity index (χ2v) is 8.89. The predicted octanol–water partition coefficient (Wildman–Crippen LogP) is 4.56. The number of fused-ring (bicyclic) bond motifs is 1. The molecule has 2 aliphatic rings. The van der Waals surface area contributed by atoms with E-state index in [1.807, 2.05) is 31.0 Å². The largest absolute Gasteiger partial charge is 0.396 e. The van der Waals surface area contributed by atoms with Crippen LogP contribution in [-0.2, 0) is 4.79 Å². The third-order valence-electron chi connectivity index (χ3n) is 6.55. The van der Waals surface area contributed by atoms with Gasteiger partial charge in [-0.1, -0.05) is 0 Å². The zero-order valence-electron chi connectivity index (χ0n) is 18.9. The van der Waals surface area contributed by atoms with Crippen molar-refractivity contribution in [2.24, 2.45) is 5.92 Å². The number of alkyl halides is 3. The minimum absolute atomic E-state index is 0.0185. The molecule has 0 spiro atoms. The van der Waals surface area contributed by atoms with Gasteiger partial charge < -0.3 is 10.0 Å². The van der Waals surface area contributed by atoms with Crippen molar-refractivity contribution >= 4 is 11.6 Å². The molecule has 1 aliphatic carbocycles. The summed E-state index contributed by atoms with van der Waals surface area (Å²) in [7, 11) is 0. The van der Waals surface area contributed by atoms with Crippen LogP contribution in [0, 0.1) is 19.8 Å². The topological polar surface area (TPSA) is 70.7 Å². The lowest BCUT2D eigenvalue weighted by molar-refractivity contribution is -0.182. The summed E-state index contributed by atoms with van der Waals surface area (Å²) in [6.45, 7) is 5.67. The van der Waals surface area contributed by atoms with Gasteiger partial charge in [0.1, 0.15) is 0 Å². The normalized spacial score (nSPS) is 21.9. The Bertz CT molecular complexity index is 860. The average molecular weight is 455 g/mol. The fourth-order valence-electron chi connectivity index (χ4n) is 4.43. The van der Waals surface area contributed by atoms with Gasteiger partial charge in [0.25, 0.3) is 0 Å². The first-order chi connectivity index (χ1) is 15.2. The molecule has 9 heteroatoms. The van der Waals surface area contributed by atoms with Crippen molar-refractivity contribution in [3.05, 3.63) is 29.2 Å². The molecule has 178 valence electrons. The molecule has 1 N–H and O–H groups in total. The molecule has 4 rings (SSSR count). The third-order valence-corrected chi connectivity index (χ3v) is 6.55. The number of hydrogen-bond acceptors (Lipinski definition) is 4. The summed E-state index contributed by atoms with van der Waals surface area (Å²) in [6, 6.07) is 1.91. The van der Waals surface area contributed by atoms with Crippen molar-refractivity contribution in [2.45, 2.75) is 77.3 Å². The lowest BCUT2D eigenvalue weighted by Gasteiger charge is -2.28. The second kappa shape index (κ2) is 10.6. The van der Waals surface area contributed by atoms with Crippen LogP contribution >= 0.6 is 0 Å². The molecular formula is C23H33F3N4O2. The molecule has 1 saturated heterocycles. The number of carbonyl (C=O) groups is 1. The van der Waals surface area contributed by atoms with Crippen molar-refractivity contribution < 1.29 is 23.1 Å². The lowest BCUT2D eigenvalue weighted by atomic mass is 9.80. The van der Waals surface area contributed by atoms with Gasteiger partial charge in [-0.3, -0.25) is 4.79 Å². The number of aromatic nitrogens is 3. The fraction of sp³-hybridized carbons (Fsp3) is 0.696. The van der Waals surface area contributed by atoms with Gasteiger partial charge in [-0.25, -0.2) is 9.50 Å². The van der Waals surface area contributed by atoms with Crippen molar-refractivity contribution in [1.82, 2.24) is 19.5 Å². The highest BCUT2D eigenvalue weighted by molar-refractivity contribution is 5.76. The molecule has 6 nitrogen and oxygen atoms in total. The first-order valence-electron chi connectivity index (χ1n) is 11.5. The first-order valence-corrected chi connectivity index (χ1v) is 11.5. The number of hydrogen-bond donors (Lipinski definition) is 1. The number of aliphatic hydroxyl groups excluding tert-OH is 1. The van der Waals surface area contributed by atoms with E-state index in [4.69, 9.17) is 5.11 Å². The first kappa shape index (κ1) is 24.5. The maximum atomic E-state index is 12.7. The van der Waals surface area contributed by atoms with Gasteiger partial charge in [0.05, 0.1) is 18.2 Å². The molecule has 0 bridgehead atoms. The summed E-state index contributed by atoms with van der Waals surface area (Å²) in [6.07, 6.45) is 3.14. The smallest absolute Gasteiger partial charge is 0.391 e. The van der Waals surface area contributed by atoms with Gasteiger partial charge in [0, 0.05) is 43.4 Å². The summed E-state index contributed by atoms with van der Waals surface area (Å²) in [5.74, 6) is -0.925. The summed E-state index contributed by atoms with van der Waals surface area (Å²) < 4.78 is 39.8. The average Bonchev–Trinajstić information content (AvgIpc) is 3.17. The minimum Gasteiger partial charge on any atom is -0.396 e. The summed E-state index contributed by atoms with van der Waals surface area (Å²) in [5, 5.41) is 13.0. The lowest BCUT2D eigenvalue weighted by Crippen LogP contribution is -2.35. The molecule has 0 radical (unpaired) electrons. The van der Waals surface area contributed by atoms with E-state index in [0.717, 1.165) is 48.5 Å². The van der Waals surface area contributed by atoms with Crippen molar-refractivity contribution in [3.63, 3.8) is 0 Å². The van der Waals surface area contributed by atoms with Gasteiger partial charge in [-0.05, 0) is 64.4 Å². The standard InChI is InChI=1S/C15H18F3N3.C8H15NO2/c1-9-8-21-14(19-10(9)2)7-13(20-21)11-3-5-12(6-4-11)15(16,17)18;10-7-4-8(11)9-5-2-1-3-6-9/h7-8,11-12H,3-6H2,1-2H3;10H,1-7H2. The molecule has 1 aliphatic heterocycles. The van der Waals surface area contributed by atoms with E-state index in [1.165, 1.54) is 6.42 Å². The highest BCUT2D eigenvalue weighted by Gasteiger charge is 2.41. The van der Waals surface area contributed by atoms with Gasteiger partial charge in [-0.2, -0.15) is 18.3 Å². The van der Waals surface area contributed by atoms with Crippen LogP contribution in [0.25, 0.3) is 5.65 Å². The van der Waals surface area contributed by atoms with Gasteiger partial charge in [0.2, 0.25) is 5.91 Å². The molecular weight excluding hydrogens is 421 g/mol. The summed E-state index contributed by atoms with van der Waals surface area (Å²) in [4.78, 5) is 17.5. The molecule has 3 heterocycles. The Hall–Kier alpha value is -2.16.